The second kappa shape index (κ2) is 15.4. The first-order valence-electron chi connectivity index (χ1n) is 16.9. The summed E-state index contributed by atoms with van der Waals surface area (Å²) in [6.45, 7) is 13.0. The van der Waals surface area contributed by atoms with Crippen LogP contribution in [0, 0.1) is 5.92 Å². The number of piperazine rings is 1. The van der Waals surface area contributed by atoms with Crippen molar-refractivity contribution in [3.8, 4) is 0 Å². The van der Waals surface area contributed by atoms with Gasteiger partial charge in [-0.05, 0) is 56.2 Å². The van der Waals surface area contributed by atoms with E-state index in [1.807, 2.05) is 75.4 Å². The van der Waals surface area contributed by atoms with Crippen LogP contribution in [0.15, 0.2) is 60.0 Å². The van der Waals surface area contributed by atoms with E-state index in [0.717, 1.165) is 33.9 Å². The standard InChI is InChI=1S/C37H51N5O4S/c1-24(2)30-23-47-33(38-30)22-41-15-16-42(31(21-41)36(46)40-37(3,4)5)20-28(43)18-27(17-25-11-7-6-8-12-25)35(45)39-34-29-14-10-9-13-26(29)19-32(34)44/h6-14,23-24,27-28,31-32,34,43-44H,15-22H2,1-5H3,(H,39,45)(H,40,46)/t27?,28?,31?,32-,34+/m1/s1. The zero-order chi connectivity index (χ0) is 33.7. The number of carbonyl (C=O) groups excluding carboxylic acids is 2. The highest BCUT2D eigenvalue weighted by molar-refractivity contribution is 7.09. The van der Waals surface area contributed by atoms with E-state index in [2.05, 4.69) is 39.7 Å². The molecule has 4 N–H and O–H groups in total. The molecule has 5 atom stereocenters. The highest BCUT2D eigenvalue weighted by Gasteiger charge is 2.37. The van der Waals surface area contributed by atoms with Gasteiger partial charge in [0.2, 0.25) is 11.8 Å². The van der Waals surface area contributed by atoms with Crippen LogP contribution in [0.2, 0.25) is 0 Å². The lowest BCUT2D eigenvalue weighted by Gasteiger charge is -2.42. The molecule has 0 spiro atoms. The molecule has 5 rings (SSSR count). The van der Waals surface area contributed by atoms with Crippen LogP contribution in [0.25, 0.3) is 0 Å². The van der Waals surface area contributed by atoms with E-state index in [0.29, 0.717) is 38.4 Å². The van der Waals surface area contributed by atoms with Gasteiger partial charge in [0.25, 0.3) is 0 Å². The van der Waals surface area contributed by atoms with E-state index in [1.165, 1.54) is 0 Å². The summed E-state index contributed by atoms with van der Waals surface area (Å²) in [6, 6.07) is 16.7. The van der Waals surface area contributed by atoms with Gasteiger partial charge in [-0.2, -0.15) is 0 Å². The number of nitrogens with zero attached hydrogens (tertiary/aromatic N) is 3. The van der Waals surface area contributed by atoms with Gasteiger partial charge in [-0.25, -0.2) is 4.98 Å². The van der Waals surface area contributed by atoms with E-state index in [4.69, 9.17) is 4.98 Å². The lowest BCUT2D eigenvalue weighted by Crippen LogP contribution is -2.61. The summed E-state index contributed by atoms with van der Waals surface area (Å²) in [4.78, 5) is 36.6. The molecule has 2 aliphatic rings. The molecule has 47 heavy (non-hydrogen) atoms. The molecule has 3 unspecified atom stereocenters. The summed E-state index contributed by atoms with van der Waals surface area (Å²) >= 11 is 1.66. The van der Waals surface area contributed by atoms with Gasteiger partial charge in [0, 0.05) is 49.4 Å². The normalized spacial score (nSPS) is 21.7. The van der Waals surface area contributed by atoms with Crippen molar-refractivity contribution >= 4 is 23.2 Å². The van der Waals surface area contributed by atoms with Crippen LogP contribution >= 0.6 is 11.3 Å². The third kappa shape index (κ3) is 9.48. The van der Waals surface area contributed by atoms with Crippen LogP contribution in [-0.2, 0) is 29.0 Å². The highest BCUT2D eigenvalue weighted by atomic mass is 32.1. The second-order valence-corrected chi connectivity index (χ2v) is 15.5. The number of aliphatic hydroxyl groups excluding tert-OH is 2. The van der Waals surface area contributed by atoms with Crippen molar-refractivity contribution in [2.45, 2.75) is 96.2 Å². The smallest absolute Gasteiger partial charge is 0.239 e. The summed E-state index contributed by atoms with van der Waals surface area (Å²) in [5.74, 6) is -0.403. The molecule has 1 saturated heterocycles. The molecule has 1 aliphatic carbocycles. The SMILES string of the molecule is CC(C)c1csc(CN2CCN(CC(O)CC(Cc3ccccc3)C(=O)N[C@H]3c4ccccc4C[C@H]3O)C(C(=O)NC(C)(C)C)C2)n1. The Balaban J connectivity index is 1.28. The number of aliphatic hydroxyl groups is 2. The zero-order valence-corrected chi connectivity index (χ0v) is 29.2. The van der Waals surface area contributed by atoms with Crippen LogP contribution in [0.4, 0.5) is 0 Å². The molecule has 254 valence electrons. The molecule has 3 aromatic rings. The number of thiazole rings is 1. The predicted molar refractivity (Wildman–Crippen MR) is 186 cm³/mol. The van der Waals surface area contributed by atoms with Gasteiger partial charge in [0.05, 0.1) is 30.5 Å². The number of aromatic nitrogens is 1. The number of carbonyl (C=O) groups is 2. The number of nitrogens with one attached hydrogen (secondary N) is 2. The summed E-state index contributed by atoms with van der Waals surface area (Å²) in [5.41, 5.74) is 3.68. The zero-order valence-electron chi connectivity index (χ0n) is 28.4. The maximum Gasteiger partial charge on any atom is 0.239 e. The van der Waals surface area contributed by atoms with Gasteiger partial charge < -0.3 is 20.8 Å². The first kappa shape index (κ1) is 35.2. The summed E-state index contributed by atoms with van der Waals surface area (Å²) in [6.07, 6.45) is -0.339. The average molecular weight is 662 g/mol. The van der Waals surface area contributed by atoms with Gasteiger partial charge >= 0.3 is 0 Å². The molecule has 2 heterocycles. The number of amides is 2. The first-order chi connectivity index (χ1) is 22.4. The molecule has 1 aliphatic heterocycles. The van der Waals surface area contributed by atoms with Crippen molar-refractivity contribution in [3.05, 3.63) is 87.4 Å². The number of hydrogen-bond donors (Lipinski definition) is 4. The van der Waals surface area contributed by atoms with E-state index >= 15 is 0 Å². The fourth-order valence-corrected chi connectivity index (χ4v) is 7.67. The summed E-state index contributed by atoms with van der Waals surface area (Å²) < 4.78 is 0. The van der Waals surface area contributed by atoms with E-state index < -0.39 is 35.7 Å². The van der Waals surface area contributed by atoms with Gasteiger partial charge in [-0.3, -0.25) is 19.4 Å². The van der Waals surface area contributed by atoms with Crippen LogP contribution in [0.1, 0.15) is 80.4 Å². The molecule has 1 fully saturated rings. The number of benzene rings is 2. The maximum absolute atomic E-state index is 13.9. The largest absolute Gasteiger partial charge is 0.392 e. The average Bonchev–Trinajstić information content (AvgIpc) is 3.61. The van der Waals surface area contributed by atoms with Crippen LogP contribution in [-0.4, -0.2) is 86.8 Å². The van der Waals surface area contributed by atoms with Crippen molar-refractivity contribution in [3.63, 3.8) is 0 Å². The Bertz CT molecular complexity index is 1490. The van der Waals surface area contributed by atoms with Crippen molar-refractivity contribution in [1.29, 1.82) is 0 Å². The molecule has 2 aromatic carbocycles. The molecule has 2 amide bonds. The third-order valence-corrected chi connectivity index (χ3v) is 9.95. The number of rotatable bonds is 12. The second-order valence-electron chi connectivity index (χ2n) is 14.5. The van der Waals surface area contributed by atoms with Crippen molar-refractivity contribution in [2.24, 2.45) is 5.92 Å². The summed E-state index contributed by atoms with van der Waals surface area (Å²) in [5, 5.41) is 31.8. The Morgan fingerprint density at radius 1 is 1.06 bits per heavy atom. The quantitative estimate of drug-likeness (QED) is 0.231. The minimum atomic E-state index is -0.834. The van der Waals surface area contributed by atoms with Crippen molar-refractivity contribution in [2.75, 3.05) is 26.2 Å². The molecule has 0 bridgehead atoms. The Hall–Kier alpha value is -3.15. The molecule has 0 saturated carbocycles. The molecular weight excluding hydrogens is 611 g/mol. The molecule has 9 nitrogen and oxygen atoms in total. The Morgan fingerprint density at radius 2 is 1.79 bits per heavy atom. The number of β-amino-alcohol motifs (C(OH)–C–C–N with tert-alkyl or cyclic N) is 1. The monoisotopic (exact) mass is 661 g/mol. The van der Waals surface area contributed by atoms with Gasteiger partial charge in [-0.15, -0.1) is 11.3 Å². The predicted octanol–water partition coefficient (Wildman–Crippen LogP) is 4.05. The number of hydrogen-bond acceptors (Lipinski definition) is 8. The fraction of sp³-hybridized carbons (Fsp3) is 0.541. The topological polar surface area (TPSA) is 118 Å². The van der Waals surface area contributed by atoms with E-state index in [9.17, 15) is 19.8 Å². The van der Waals surface area contributed by atoms with Gasteiger partial charge in [-0.1, -0.05) is 68.4 Å². The Kier molecular flexibility index (Phi) is 11.5. The van der Waals surface area contributed by atoms with E-state index in [-0.39, 0.29) is 24.8 Å². The lowest BCUT2D eigenvalue weighted by molar-refractivity contribution is -0.132. The third-order valence-electron chi connectivity index (χ3n) is 9.10. The highest BCUT2D eigenvalue weighted by Crippen LogP contribution is 2.32. The lowest BCUT2D eigenvalue weighted by atomic mass is 9.91. The van der Waals surface area contributed by atoms with Crippen LogP contribution in [0.3, 0.4) is 0 Å². The Labute approximate surface area is 283 Å². The van der Waals surface area contributed by atoms with Crippen LogP contribution < -0.4 is 10.6 Å². The first-order valence-corrected chi connectivity index (χ1v) is 17.7. The molecule has 10 heteroatoms. The van der Waals surface area contributed by atoms with Gasteiger partial charge in [0.15, 0.2) is 0 Å². The Morgan fingerprint density at radius 3 is 2.49 bits per heavy atom. The maximum atomic E-state index is 13.9. The molecular formula is C37H51N5O4S. The number of fused-ring (bicyclic) bond motifs is 1. The van der Waals surface area contributed by atoms with Crippen LogP contribution in [0.5, 0.6) is 0 Å². The van der Waals surface area contributed by atoms with Crippen molar-refractivity contribution in [1.82, 2.24) is 25.4 Å². The molecule has 1 aromatic heterocycles. The van der Waals surface area contributed by atoms with Gasteiger partial charge in [0.1, 0.15) is 11.0 Å². The minimum absolute atomic E-state index is 0.0659. The van der Waals surface area contributed by atoms with E-state index in [1.54, 1.807) is 11.3 Å². The fourth-order valence-electron chi connectivity index (χ4n) is 6.67. The summed E-state index contributed by atoms with van der Waals surface area (Å²) in [7, 11) is 0. The van der Waals surface area contributed by atoms with Crippen molar-refractivity contribution < 1.29 is 19.8 Å². The minimum Gasteiger partial charge on any atom is -0.392 e. The molecule has 0 radical (unpaired) electrons.